The SMILES string of the molecule is NC1(Cc2ccc(Cl)c(Cl)c2)CCCc2ccccc21. The number of hydrogen-bond donors (Lipinski definition) is 1. The third-order valence-corrected chi connectivity index (χ3v) is 4.87. The molecule has 1 atom stereocenters. The minimum atomic E-state index is -0.300. The molecule has 20 heavy (non-hydrogen) atoms. The molecule has 1 unspecified atom stereocenters. The van der Waals surface area contributed by atoms with Crippen LogP contribution in [0.2, 0.25) is 10.0 Å². The van der Waals surface area contributed by atoms with Crippen LogP contribution < -0.4 is 5.73 Å². The smallest absolute Gasteiger partial charge is 0.0595 e. The largest absolute Gasteiger partial charge is 0.321 e. The van der Waals surface area contributed by atoms with Crippen molar-refractivity contribution in [2.24, 2.45) is 5.73 Å². The van der Waals surface area contributed by atoms with Crippen molar-refractivity contribution in [2.45, 2.75) is 31.2 Å². The van der Waals surface area contributed by atoms with E-state index in [2.05, 4.69) is 24.3 Å². The average Bonchev–Trinajstić information content (AvgIpc) is 2.43. The van der Waals surface area contributed by atoms with Crippen LogP contribution in [0.4, 0.5) is 0 Å². The predicted molar refractivity (Wildman–Crippen MR) is 85.4 cm³/mol. The van der Waals surface area contributed by atoms with Crippen molar-refractivity contribution in [1.82, 2.24) is 0 Å². The van der Waals surface area contributed by atoms with Crippen LogP contribution in [0.3, 0.4) is 0 Å². The lowest BCUT2D eigenvalue weighted by Crippen LogP contribution is -2.42. The fraction of sp³-hybridized carbons (Fsp3) is 0.294. The highest BCUT2D eigenvalue weighted by Crippen LogP contribution is 2.36. The highest BCUT2D eigenvalue weighted by Gasteiger charge is 2.32. The Labute approximate surface area is 129 Å². The zero-order valence-electron chi connectivity index (χ0n) is 11.2. The Bertz CT molecular complexity index is 639. The lowest BCUT2D eigenvalue weighted by molar-refractivity contribution is 0.369. The molecule has 1 aliphatic carbocycles. The first-order valence-electron chi connectivity index (χ1n) is 6.90. The number of nitrogens with two attached hydrogens (primary N) is 1. The maximum atomic E-state index is 6.71. The summed E-state index contributed by atoms with van der Waals surface area (Å²) >= 11 is 12.1. The summed E-state index contributed by atoms with van der Waals surface area (Å²) in [6.45, 7) is 0. The standard InChI is InChI=1S/C17H17Cl2N/c18-15-8-7-12(10-16(15)19)11-17(20)9-3-5-13-4-1-2-6-14(13)17/h1-2,4,6-8,10H,3,5,9,11,20H2. The van der Waals surface area contributed by atoms with E-state index in [1.807, 2.05) is 18.2 Å². The first-order chi connectivity index (χ1) is 9.58. The van der Waals surface area contributed by atoms with Crippen molar-refractivity contribution in [1.29, 1.82) is 0 Å². The predicted octanol–water partition coefficient (Wildman–Crippen LogP) is 4.73. The van der Waals surface area contributed by atoms with Gasteiger partial charge in [0.2, 0.25) is 0 Å². The second kappa shape index (κ2) is 5.40. The lowest BCUT2D eigenvalue weighted by Gasteiger charge is -2.36. The number of aryl methyl sites for hydroxylation is 1. The van der Waals surface area contributed by atoms with Crippen LogP contribution in [0, 0.1) is 0 Å². The Hall–Kier alpha value is -1.02. The van der Waals surface area contributed by atoms with Crippen molar-refractivity contribution in [3.63, 3.8) is 0 Å². The maximum absolute atomic E-state index is 6.71. The number of halogens is 2. The van der Waals surface area contributed by atoms with Crippen molar-refractivity contribution < 1.29 is 0 Å². The molecule has 3 heteroatoms. The molecule has 0 bridgehead atoms. The van der Waals surface area contributed by atoms with Crippen LogP contribution in [0.25, 0.3) is 0 Å². The van der Waals surface area contributed by atoms with Gasteiger partial charge in [-0.15, -0.1) is 0 Å². The molecule has 0 saturated carbocycles. The van der Waals surface area contributed by atoms with E-state index in [1.54, 1.807) is 0 Å². The van der Waals surface area contributed by atoms with E-state index in [4.69, 9.17) is 28.9 Å². The van der Waals surface area contributed by atoms with Gasteiger partial charge in [0.25, 0.3) is 0 Å². The fourth-order valence-electron chi connectivity index (χ4n) is 3.15. The second-order valence-corrected chi connectivity index (χ2v) is 6.41. The highest BCUT2D eigenvalue weighted by atomic mass is 35.5. The molecule has 0 radical (unpaired) electrons. The van der Waals surface area contributed by atoms with Gasteiger partial charge in [0.05, 0.1) is 10.0 Å². The van der Waals surface area contributed by atoms with Crippen molar-refractivity contribution in [2.75, 3.05) is 0 Å². The number of fused-ring (bicyclic) bond motifs is 1. The Kier molecular flexibility index (Phi) is 3.76. The monoisotopic (exact) mass is 305 g/mol. The molecule has 3 rings (SSSR count). The van der Waals surface area contributed by atoms with Crippen molar-refractivity contribution >= 4 is 23.2 Å². The molecule has 0 saturated heterocycles. The van der Waals surface area contributed by atoms with Gasteiger partial charge in [-0.2, -0.15) is 0 Å². The first kappa shape index (κ1) is 13.9. The Morgan fingerprint density at radius 1 is 1.05 bits per heavy atom. The summed E-state index contributed by atoms with van der Waals surface area (Å²) in [6, 6.07) is 14.3. The topological polar surface area (TPSA) is 26.0 Å². The van der Waals surface area contributed by atoms with Crippen LogP contribution in [0.5, 0.6) is 0 Å². The van der Waals surface area contributed by atoms with Gasteiger partial charge in [0, 0.05) is 5.54 Å². The van der Waals surface area contributed by atoms with E-state index in [1.165, 1.54) is 11.1 Å². The summed E-state index contributed by atoms with van der Waals surface area (Å²) in [5.41, 5.74) is 10.2. The summed E-state index contributed by atoms with van der Waals surface area (Å²) in [5.74, 6) is 0. The molecule has 2 aromatic carbocycles. The number of benzene rings is 2. The molecule has 0 aromatic heterocycles. The Balaban J connectivity index is 1.95. The Morgan fingerprint density at radius 3 is 2.65 bits per heavy atom. The van der Waals surface area contributed by atoms with Crippen molar-refractivity contribution in [3.05, 3.63) is 69.2 Å². The molecule has 1 nitrogen and oxygen atoms in total. The lowest BCUT2D eigenvalue weighted by atomic mass is 9.74. The van der Waals surface area contributed by atoms with Gasteiger partial charge in [0.1, 0.15) is 0 Å². The zero-order valence-corrected chi connectivity index (χ0v) is 12.7. The summed E-state index contributed by atoms with van der Waals surface area (Å²) < 4.78 is 0. The normalized spacial score (nSPS) is 21.6. The third kappa shape index (κ3) is 2.58. The molecule has 1 aliphatic rings. The average molecular weight is 306 g/mol. The van der Waals surface area contributed by atoms with Gasteiger partial charge >= 0.3 is 0 Å². The Morgan fingerprint density at radius 2 is 1.85 bits per heavy atom. The number of rotatable bonds is 2. The van der Waals surface area contributed by atoms with Crippen molar-refractivity contribution in [3.8, 4) is 0 Å². The van der Waals surface area contributed by atoms with Crippen LogP contribution in [-0.4, -0.2) is 0 Å². The minimum Gasteiger partial charge on any atom is -0.321 e. The van der Waals surface area contributed by atoms with E-state index < -0.39 is 0 Å². The summed E-state index contributed by atoms with van der Waals surface area (Å²) in [7, 11) is 0. The third-order valence-electron chi connectivity index (χ3n) is 4.13. The van der Waals surface area contributed by atoms with Gasteiger partial charge in [0.15, 0.2) is 0 Å². The van der Waals surface area contributed by atoms with E-state index in [0.717, 1.165) is 31.2 Å². The van der Waals surface area contributed by atoms with Crippen LogP contribution in [0.15, 0.2) is 42.5 Å². The molecular weight excluding hydrogens is 289 g/mol. The quantitative estimate of drug-likeness (QED) is 0.853. The molecule has 2 aromatic rings. The summed E-state index contributed by atoms with van der Waals surface area (Å²) in [5, 5.41) is 1.18. The van der Waals surface area contributed by atoms with Crippen LogP contribution >= 0.6 is 23.2 Å². The molecular formula is C17H17Cl2N. The fourth-order valence-corrected chi connectivity index (χ4v) is 3.47. The van der Waals surface area contributed by atoms with Crippen LogP contribution in [0.1, 0.15) is 29.5 Å². The minimum absolute atomic E-state index is 0.300. The van der Waals surface area contributed by atoms with E-state index in [9.17, 15) is 0 Å². The van der Waals surface area contributed by atoms with Gasteiger partial charge in [-0.3, -0.25) is 0 Å². The zero-order chi connectivity index (χ0) is 14.2. The van der Waals surface area contributed by atoms with Gasteiger partial charge < -0.3 is 5.73 Å². The molecule has 104 valence electrons. The molecule has 2 N–H and O–H groups in total. The molecule has 0 amide bonds. The number of hydrogen-bond acceptors (Lipinski definition) is 1. The highest BCUT2D eigenvalue weighted by molar-refractivity contribution is 6.42. The van der Waals surface area contributed by atoms with Gasteiger partial charge in [-0.1, -0.05) is 53.5 Å². The first-order valence-corrected chi connectivity index (χ1v) is 7.65. The second-order valence-electron chi connectivity index (χ2n) is 5.59. The maximum Gasteiger partial charge on any atom is 0.0595 e. The molecule has 0 heterocycles. The van der Waals surface area contributed by atoms with E-state index >= 15 is 0 Å². The van der Waals surface area contributed by atoms with E-state index in [0.29, 0.717) is 10.0 Å². The summed E-state index contributed by atoms with van der Waals surface area (Å²) in [6.07, 6.45) is 4.05. The molecule has 0 fully saturated rings. The summed E-state index contributed by atoms with van der Waals surface area (Å²) in [4.78, 5) is 0. The molecule has 0 spiro atoms. The van der Waals surface area contributed by atoms with Gasteiger partial charge in [-0.25, -0.2) is 0 Å². The van der Waals surface area contributed by atoms with Gasteiger partial charge in [-0.05, 0) is 54.5 Å². The molecule has 0 aliphatic heterocycles. The van der Waals surface area contributed by atoms with E-state index in [-0.39, 0.29) is 5.54 Å². The van der Waals surface area contributed by atoms with Crippen LogP contribution in [-0.2, 0) is 18.4 Å².